The van der Waals surface area contributed by atoms with E-state index in [0.717, 1.165) is 11.3 Å². The van der Waals surface area contributed by atoms with Crippen molar-refractivity contribution in [1.82, 2.24) is 9.78 Å². The van der Waals surface area contributed by atoms with E-state index in [2.05, 4.69) is 5.10 Å². The third-order valence-corrected chi connectivity index (χ3v) is 2.44. The number of benzene rings is 1. The minimum absolute atomic E-state index is 0.0725. The van der Waals surface area contributed by atoms with Crippen LogP contribution in [0.15, 0.2) is 42.7 Å². The van der Waals surface area contributed by atoms with E-state index in [1.165, 1.54) is 0 Å². The fourth-order valence-corrected chi connectivity index (χ4v) is 1.57. The predicted octanol–water partition coefficient (Wildman–Crippen LogP) is 1.52. The maximum absolute atomic E-state index is 5.93. The molecule has 1 unspecified atom stereocenters. The molecule has 2 rings (SSSR count). The number of aromatic nitrogens is 2. The minimum Gasteiger partial charge on any atom is -0.383 e. The minimum atomic E-state index is -0.0725. The molecular formula is C12H15N3O. The molecule has 4 heteroatoms. The third kappa shape index (κ3) is 2.29. The summed E-state index contributed by atoms with van der Waals surface area (Å²) in [7, 11) is 1.65. The molecule has 4 nitrogen and oxygen atoms in total. The third-order valence-electron chi connectivity index (χ3n) is 2.44. The summed E-state index contributed by atoms with van der Waals surface area (Å²) in [6.45, 7) is 0.529. The molecular weight excluding hydrogens is 202 g/mol. The lowest BCUT2D eigenvalue weighted by atomic mass is 10.1. The molecule has 1 aromatic heterocycles. The fraction of sp³-hybridized carbons (Fsp3) is 0.250. The summed E-state index contributed by atoms with van der Waals surface area (Å²) < 4.78 is 6.83. The van der Waals surface area contributed by atoms with Crippen molar-refractivity contribution < 1.29 is 4.74 Å². The highest BCUT2D eigenvalue weighted by Gasteiger charge is 2.05. The van der Waals surface area contributed by atoms with Gasteiger partial charge in [0.2, 0.25) is 0 Å². The van der Waals surface area contributed by atoms with Gasteiger partial charge in [-0.2, -0.15) is 5.10 Å². The van der Waals surface area contributed by atoms with Crippen molar-refractivity contribution in [2.24, 2.45) is 5.73 Å². The highest BCUT2D eigenvalue weighted by atomic mass is 16.5. The van der Waals surface area contributed by atoms with Gasteiger partial charge < -0.3 is 10.5 Å². The smallest absolute Gasteiger partial charge is 0.0655 e. The monoisotopic (exact) mass is 217 g/mol. The van der Waals surface area contributed by atoms with Crippen molar-refractivity contribution in [3.8, 4) is 5.69 Å². The van der Waals surface area contributed by atoms with Crippen molar-refractivity contribution >= 4 is 0 Å². The van der Waals surface area contributed by atoms with Crippen molar-refractivity contribution in [3.63, 3.8) is 0 Å². The average molecular weight is 217 g/mol. The van der Waals surface area contributed by atoms with Gasteiger partial charge in [0.15, 0.2) is 0 Å². The summed E-state index contributed by atoms with van der Waals surface area (Å²) in [6.07, 6.45) is 3.66. The molecule has 0 aliphatic rings. The first-order chi connectivity index (χ1) is 7.81. The van der Waals surface area contributed by atoms with Gasteiger partial charge in [-0.1, -0.05) is 12.1 Å². The quantitative estimate of drug-likeness (QED) is 0.844. The van der Waals surface area contributed by atoms with Gasteiger partial charge >= 0.3 is 0 Å². The van der Waals surface area contributed by atoms with E-state index in [9.17, 15) is 0 Å². The van der Waals surface area contributed by atoms with E-state index in [0.29, 0.717) is 6.61 Å². The Bertz CT molecular complexity index is 422. The first-order valence-electron chi connectivity index (χ1n) is 5.16. The second kappa shape index (κ2) is 4.92. The van der Waals surface area contributed by atoms with Crippen LogP contribution in [0.4, 0.5) is 0 Å². The van der Waals surface area contributed by atoms with Crippen molar-refractivity contribution in [1.29, 1.82) is 0 Å². The second-order valence-corrected chi connectivity index (χ2v) is 3.60. The van der Waals surface area contributed by atoms with Gasteiger partial charge in [-0.25, -0.2) is 4.68 Å². The van der Waals surface area contributed by atoms with Crippen LogP contribution < -0.4 is 5.73 Å². The summed E-state index contributed by atoms with van der Waals surface area (Å²) in [4.78, 5) is 0. The van der Waals surface area contributed by atoms with Crippen LogP contribution in [0.3, 0.4) is 0 Å². The van der Waals surface area contributed by atoms with Gasteiger partial charge in [0, 0.05) is 19.5 Å². The molecule has 0 aliphatic carbocycles. The zero-order valence-corrected chi connectivity index (χ0v) is 9.21. The Morgan fingerprint density at radius 2 is 2.12 bits per heavy atom. The Hall–Kier alpha value is -1.65. The van der Waals surface area contributed by atoms with Crippen LogP contribution in [0, 0.1) is 0 Å². The van der Waals surface area contributed by atoms with Gasteiger partial charge in [0.25, 0.3) is 0 Å². The number of nitrogens with zero attached hydrogens (tertiary/aromatic N) is 2. The maximum Gasteiger partial charge on any atom is 0.0655 e. The molecule has 84 valence electrons. The molecule has 0 amide bonds. The molecule has 1 atom stereocenters. The van der Waals surface area contributed by atoms with E-state index >= 15 is 0 Å². The van der Waals surface area contributed by atoms with Crippen LogP contribution in [0.1, 0.15) is 11.6 Å². The Kier molecular flexibility index (Phi) is 3.34. The van der Waals surface area contributed by atoms with Gasteiger partial charge in [0.05, 0.1) is 18.3 Å². The summed E-state index contributed by atoms with van der Waals surface area (Å²) >= 11 is 0. The molecule has 0 aliphatic heterocycles. The molecule has 16 heavy (non-hydrogen) atoms. The molecule has 1 heterocycles. The van der Waals surface area contributed by atoms with E-state index in [-0.39, 0.29) is 6.04 Å². The Morgan fingerprint density at radius 3 is 2.69 bits per heavy atom. The highest BCUT2D eigenvalue weighted by molar-refractivity contribution is 5.34. The SMILES string of the molecule is COCC(N)c1ccc(-n2cccn2)cc1. The summed E-state index contributed by atoms with van der Waals surface area (Å²) in [5.41, 5.74) is 8.02. The van der Waals surface area contributed by atoms with E-state index in [4.69, 9.17) is 10.5 Å². The Balaban J connectivity index is 2.16. The number of methoxy groups -OCH3 is 1. The zero-order chi connectivity index (χ0) is 11.4. The van der Waals surface area contributed by atoms with E-state index < -0.39 is 0 Å². The number of hydrogen-bond acceptors (Lipinski definition) is 3. The van der Waals surface area contributed by atoms with Crippen molar-refractivity contribution in [2.75, 3.05) is 13.7 Å². The van der Waals surface area contributed by atoms with Gasteiger partial charge in [-0.3, -0.25) is 0 Å². The maximum atomic E-state index is 5.93. The van der Waals surface area contributed by atoms with Gasteiger partial charge in [-0.15, -0.1) is 0 Å². The highest BCUT2D eigenvalue weighted by Crippen LogP contribution is 2.13. The molecule has 2 N–H and O–H groups in total. The summed E-state index contributed by atoms with van der Waals surface area (Å²) in [5.74, 6) is 0. The second-order valence-electron chi connectivity index (χ2n) is 3.60. The van der Waals surface area contributed by atoms with Gasteiger partial charge in [0.1, 0.15) is 0 Å². The predicted molar refractivity (Wildman–Crippen MR) is 62.4 cm³/mol. The molecule has 1 aromatic carbocycles. The van der Waals surface area contributed by atoms with Crippen LogP contribution in [-0.2, 0) is 4.74 Å². The lowest BCUT2D eigenvalue weighted by molar-refractivity contribution is 0.181. The number of rotatable bonds is 4. The topological polar surface area (TPSA) is 53.1 Å². The van der Waals surface area contributed by atoms with Crippen LogP contribution in [-0.4, -0.2) is 23.5 Å². The number of ether oxygens (including phenoxy) is 1. The Labute approximate surface area is 94.6 Å². The first kappa shape index (κ1) is 10.9. The average Bonchev–Trinajstić information content (AvgIpc) is 2.83. The summed E-state index contributed by atoms with van der Waals surface area (Å²) in [6, 6.07) is 9.82. The normalized spacial score (nSPS) is 12.6. The van der Waals surface area contributed by atoms with Crippen molar-refractivity contribution in [3.05, 3.63) is 48.3 Å². The largest absolute Gasteiger partial charge is 0.383 e. The van der Waals surface area contributed by atoms with Crippen molar-refractivity contribution in [2.45, 2.75) is 6.04 Å². The lowest BCUT2D eigenvalue weighted by Gasteiger charge is -2.11. The van der Waals surface area contributed by atoms with Crippen LogP contribution >= 0.6 is 0 Å². The number of nitrogens with two attached hydrogens (primary N) is 1. The lowest BCUT2D eigenvalue weighted by Crippen LogP contribution is -2.15. The molecule has 0 fully saturated rings. The van der Waals surface area contributed by atoms with Gasteiger partial charge in [-0.05, 0) is 23.8 Å². The Morgan fingerprint density at radius 1 is 1.38 bits per heavy atom. The van der Waals surface area contributed by atoms with Crippen LogP contribution in [0.2, 0.25) is 0 Å². The standard InChI is InChI=1S/C12H15N3O/c1-16-9-12(13)10-3-5-11(6-4-10)15-8-2-7-14-15/h2-8,12H,9,13H2,1H3. The van der Waals surface area contributed by atoms with Crippen LogP contribution in [0.5, 0.6) is 0 Å². The molecule has 0 bridgehead atoms. The van der Waals surface area contributed by atoms with E-state index in [1.807, 2.05) is 41.2 Å². The fourth-order valence-electron chi connectivity index (χ4n) is 1.57. The molecule has 0 radical (unpaired) electrons. The molecule has 0 spiro atoms. The first-order valence-corrected chi connectivity index (χ1v) is 5.16. The molecule has 2 aromatic rings. The van der Waals surface area contributed by atoms with Crippen LogP contribution in [0.25, 0.3) is 5.69 Å². The summed E-state index contributed by atoms with van der Waals surface area (Å²) in [5, 5.41) is 4.16. The zero-order valence-electron chi connectivity index (χ0n) is 9.21. The molecule has 0 saturated carbocycles. The van der Waals surface area contributed by atoms with E-state index in [1.54, 1.807) is 13.3 Å². The molecule has 0 saturated heterocycles. The number of hydrogen-bond donors (Lipinski definition) is 1.